The number of amides is 1. The summed E-state index contributed by atoms with van der Waals surface area (Å²) in [6, 6.07) is 10.9. The summed E-state index contributed by atoms with van der Waals surface area (Å²) in [5.74, 6) is 1.29. The number of nitrogens with zero attached hydrogens (tertiary/aromatic N) is 1. The molecule has 0 spiro atoms. The van der Waals surface area contributed by atoms with Gasteiger partial charge in [0.05, 0.1) is 18.4 Å². The van der Waals surface area contributed by atoms with Crippen LogP contribution in [-0.2, 0) is 4.79 Å². The van der Waals surface area contributed by atoms with Crippen LogP contribution < -0.4 is 14.4 Å². The molecule has 0 N–H and O–H groups in total. The van der Waals surface area contributed by atoms with Crippen molar-refractivity contribution >= 4 is 17.4 Å². The molecule has 2 heterocycles. The lowest BCUT2D eigenvalue weighted by Gasteiger charge is -2.43. The molecule has 5 nitrogen and oxygen atoms in total. The number of methoxy groups -OCH3 is 1. The van der Waals surface area contributed by atoms with E-state index in [-0.39, 0.29) is 11.5 Å². The SMILES string of the molecule is COc1ccc(Oc2cc3c4c(c2)C(C)CC(C)(C)N4C(=O)C3=O)cc1. The van der Waals surface area contributed by atoms with Gasteiger partial charge >= 0.3 is 0 Å². The molecule has 4 rings (SSSR count). The average molecular weight is 351 g/mol. The van der Waals surface area contributed by atoms with Crippen molar-refractivity contribution in [3.05, 3.63) is 47.5 Å². The molecule has 0 bridgehead atoms. The van der Waals surface area contributed by atoms with E-state index < -0.39 is 11.7 Å². The fourth-order valence-electron chi connectivity index (χ4n) is 4.11. The first-order valence-corrected chi connectivity index (χ1v) is 8.70. The van der Waals surface area contributed by atoms with Crippen molar-refractivity contribution in [2.75, 3.05) is 12.0 Å². The van der Waals surface area contributed by atoms with Crippen LogP contribution in [0.4, 0.5) is 5.69 Å². The molecule has 1 amide bonds. The number of ketones is 1. The van der Waals surface area contributed by atoms with Gasteiger partial charge in [-0.15, -0.1) is 0 Å². The Morgan fingerprint density at radius 3 is 2.35 bits per heavy atom. The first-order valence-electron chi connectivity index (χ1n) is 8.70. The molecule has 0 aliphatic carbocycles. The van der Waals surface area contributed by atoms with Crippen molar-refractivity contribution in [2.45, 2.75) is 38.6 Å². The van der Waals surface area contributed by atoms with E-state index >= 15 is 0 Å². The lowest BCUT2D eigenvalue weighted by molar-refractivity contribution is -0.115. The van der Waals surface area contributed by atoms with E-state index in [1.54, 1.807) is 18.1 Å². The Bertz CT molecular complexity index is 914. The number of rotatable bonds is 3. The Balaban J connectivity index is 1.78. The molecule has 0 aromatic heterocycles. The maximum absolute atomic E-state index is 12.6. The number of benzene rings is 2. The molecular formula is C21H21NO4. The largest absolute Gasteiger partial charge is 0.497 e. The van der Waals surface area contributed by atoms with E-state index in [2.05, 4.69) is 6.92 Å². The van der Waals surface area contributed by atoms with Crippen LogP contribution in [-0.4, -0.2) is 24.3 Å². The molecular weight excluding hydrogens is 330 g/mol. The Hall–Kier alpha value is -2.82. The maximum Gasteiger partial charge on any atom is 0.299 e. The molecule has 26 heavy (non-hydrogen) atoms. The van der Waals surface area contributed by atoms with Gasteiger partial charge in [-0.2, -0.15) is 0 Å². The highest BCUT2D eigenvalue weighted by molar-refractivity contribution is 6.53. The number of carbonyl (C=O) groups excluding carboxylic acids is 2. The third kappa shape index (κ3) is 2.38. The minimum atomic E-state index is -0.455. The normalized spacial score (nSPS) is 20.2. The fourth-order valence-corrected chi connectivity index (χ4v) is 4.11. The van der Waals surface area contributed by atoms with E-state index in [0.29, 0.717) is 17.1 Å². The average Bonchev–Trinajstić information content (AvgIpc) is 2.86. The Morgan fingerprint density at radius 2 is 1.69 bits per heavy atom. The van der Waals surface area contributed by atoms with Gasteiger partial charge in [-0.25, -0.2) is 0 Å². The molecule has 2 aliphatic heterocycles. The smallest absolute Gasteiger partial charge is 0.299 e. The lowest BCUT2D eigenvalue weighted by atomic mass is 9.80. The summed E-state index contributed by atoms with van der Waals surface area (Å²) >= 11 is 0. The summed E-state index contributed by atoms with van der Waals surface area (Å²) in [6.07, 6.45) is 0.796. The van der Waals surface area contributed by atoms with Crippen LogP contribution in [0.1, 0.15) is 49.0 Å². The Morgan fingerprint density at radius 1 is 1.04 bits per heavy atom. The molecule has 1 atom stereocenters. The second-order valence-corrected chi connectivity index (χ2v) is 7.57. The van der Waals surface area contributed by atoms with Crippen molar-refractivity contribution in [2.24, 2.45) is 0 Å². The summed E-state index contributed by atoms with van der Waals surface area (Å²) in [7, 11) is 1.61. The Kier molecular flexibility index (Phi) is 3.58. The molecule has 1 unspecified atom stereocenters. The van der Waals surface area contributed by atoms with Gasteiger partial charge in [0.25, 0.3) is 11.7 Å². The first kappa shape index (κ1) is 16.6. The number of hydrogen-bond acceptors (Lipinski definition) is 4. The molecule has 0 saturated heterocycles. The molecule has 134 valence electrons. The lowest BCUT2D eigenvalue weighted by Crippen LogP contribution is -2.50. The fraction of sp³-hybridized carbons (Fsp3) is 0.333. The minimum Gasteiger partial charge on any atom is -0.497 e. The van der Waals surface area contributed by atoms with Gasteiger partial charge in [-0.3, -0.25) is 14.5 Å². The predicted octanol–water partition coefficient (Wildman–Crippen LogP) is 4.30. The van der Waals surface area contributed by atoms with Crippen LogP contribution in [0.15, 0.2) is 36.4 Å². The second-order valence-electron chi connectivity index (χ2n) is 7.57. The second kappa shape index (κ2) is 5.59. The van der Waals surface area contributed by atoms with Crippen molar-refractivity contribution in [1.82, 2.24) is 0 Å². The van der Waals surface area contributed by atoms with Gasteiger partial charge in [-0.05, 0) is 68.1 Å². The van der Waals surface area contributed by atoms with Crippen LogP contribution in [0.5, 0.6) is 17.2 Å². The van der Waals surface area contributed by atoms with E-state index in [0.717, 1.165) is 23.4 Å². The minimum absolute atomic E-state index is 0.230. The predicted molar refractivity (Wildman–Crippen MR) is 98.4 cm³/mol. The maximum atomic E-state index is 12.6. The van der Waals surface area contributed by atoms with Crippen LogP contribution >= 0.6 is 0 Å². The third-order valence-electron chi connectivity index (χ3n) is 5.22. The quantitative estimate of drug-likeness (QED) is 0.774. The highest BCUT2D eigenvalue weighted by Gasteiger charge is 2.49. The monoisotopic (exact) mass is 351 g/mol. The number of carbonyl (C=O) groups is 2. The summed E-state index contributed by atoms with van der Waals surface area (Å²) in [5.41, 5.74) is 1.81. The van der Waals surface area contributed by atoms with Crippen LogP contribution in [0.2, 0.25) is 0 Å². The first-order chi connectivity index (χ1) is 12.3. The number of anilines is 1. The highest BCUT2D eigenvalue weighted by atomic mass is 16.5. The van der Waals surface area contributed by atoms with Crippen molar-refractivity contribution in [3.8, 4) is 17.2 Å². The summed E-state index contributed by atoms with van der Waals surface area (Å²) in [5, 5.41) is 0. The van der Waals surface area contributed by atoms with E-state index in [9.17, 15) is 9.59 Å². The number of hydrogen-bond donors (Lipinski definition) is 0. The third-order valence-corrected chi connectivity index (χ3v) is 5.22. The van der Waals surface area contributed by atoms with Crippen molar-refractivity contribution in [1.29, 1.82) is 0 Å². The van der Waals surface area contributed by atoms with Gasteiger partial charge < -0.3 is 9.47 Å². The molecule has 5 heteroatoms. The molecule has 2 aliphatic rings. The Labute approximate surface area is 152 Å². The van der Waals surface area contributed by atoms with Gasteiger partial charge in [0.1, 0.15) is 17.2 Å². The zero-order valence-corrected chi connectivity index (χ0v) is 15.3. The molecule has 2 aromatic carbocycles. The van der Waals surface area contributed by atoms with Crippen molar-refractivity contribution in [3.63, 3.8) is 0 Å². The number of Topliss-reactive ketones (excluding diaryl/α,β-unsaturated/α-hetero) is 1. The van der Waals surface area contributed by atoms with Gasteiger partial charge in [0, 0.05) is 5.54 Å². The van der Waals surface area contributed by atoms with Crippen molar-refractivity contribution < 1.29 is 19.1 Å². The summed E-state index contributed by atoms with van der Waals surface area (Å²) < 4.78 is 11.1. The van der Waals surface area contributed by atoms with E-state index in [4.69, 9.17) is 9.47 Å². The van der Waals surface area contributed by atoms with Gasteiger partial charge in [-0.1, -0.05) is 6.92 Å². The van der Waals surface area contributed by atoms with E-state index in [1.807, 2.05) is 44.2 Å². The van der Waals surface area contributed by atoms with E-state index in [1.165, 1.54) is 0 Å². The zero-order chi connectivity index (χ0) is 18.6. The van der Waals surface area contributed by atoms with Gasteiger partial charge in [0.15, 0.2) is 0 Å². The molecule has 0 fully saturated rings. The van der Waals surface area contributed by atoms with Crippen LogP contribution in [0.3, 0.4) is 0 Å². The number of ether oxygens (including phenoxy) is 2. The highest BCUT2D eigenvalue weighted by Crippen LogP contribution is 2.50. The summed E-state index contributed by atoms with van der Waals surface area (Å²) in [6.45, 7) is 6.14. The van der Waals surface area contributed by atoms with Crippen LogP contribution in [0, 0.1) is 0 Å². The standard InChI is InChI=1S/C21H21NO4/c1-12-11-21(2,3)22-18-16(12)9-15(10-17(18)19(23)20(22)24)26-14-7-5-13(25-4)6-8-14/h5-10,12H,11H2,1-4H3. The zero-order valence-electron chi connectivity index (χ0n) is 15.3. The van der Waals surface area contributed by atoms with Gasteiger partial charge in [0.2, 0.25) is 0 Å². The molecule has 0 saturated carbocycles. The molecule has 0 radical (unpaired) electrons. The molecule has 2 aromatic rings. The topological polar surface area (TPSA) is 55.8 Å². The van der Waals surface area contributed by atoms with Crippen LogP contribution in [0.25, 0.3) is 0 Å². The summed E-state index contributed by atoms with van der Waals surface area (Å²) in [4.78, 5) is 26.8.